The molecule has 0 radical (unpaired) electrons. The largest absolute Gasteiger partial charge is 0.497 e. The minimum Gasteiger partial charge on any atom is -0.497 e. The zero-order valence-electron chi connectivity index (χ0n) is 12.3. The van der Waals surface area contributed by atoms with E-state index in [0.29, 0.717) is 5.16 Å². The molecule has 0 saturated heterocycles. The Balaban J connectivity index is 1.61. The van der Waals surface area contributed by atoms with Gasteiger partial charge in [-0.1, -0.05) is 27.7 Å². The summed E-state index contributed by atoms with van der Waals surface area (Å²) in [7, 11) is 1.62. The average Bonchev–Trinajstić information content (AvgIpc) is 2.97. The van der Waals surface area contributed by atoms with Crippen molar-refractivity contribution in [3.8, 4) is 5.75 Å². The van der Waals surface area contributed by atoms with Crippen molar-refractivity contribution in [2.75, 3.05) is 18.2 Å². The number of fused-ring (bicyclic) bond motifs is 1. The molecule has 1 aromatic heterocycles. The zero-order valence-corrected chi connectivity index (χ0v) is 14.7. The smallest absolute Gasteiger partial charge is 0.234 e. The fourth-order valence-electron chi connectivity index (χ4n) is 2.02. The van der Waals surface area contributed by atoms with Crippen molar-refractivity contribution in [3.05, 3.63) is 46.9 Å². The lowest BCUT2D eigenvalue weighted by molar-refractivity contribution is -0.113. The molecule has 3 aromatic rings. The SMILES string of the molecule is COc1ccc2nc(SCC(=O)Nc3ccc(Br)cc3)[nH]c2c1. The van der Waals surface area contributed by atoms with Crippen LogP contribution in [0.4, 0.5) is 5.69 Å². The number of anilines is 1. The van der Waals surface area contributed by atoms with Gasteiger partial charge >= 0.3 is 0 Å². The minimum atomic E-state index is -0.0737. The number of rotatable bonds is 5. The van der Waals surface area contributed by atoms with Crippen molar-refractivity contribution in [1.82, 2.24) is 9.97 Å². The van der Waals surface area contributed by atoms with E-state index in [-0.39, 0.29) is 11.7 Å². The van der Waals surface area contributed by atoms with Gasteiger partial charge in [-0.25, -0.2) is 4.98 Å². The van der Waals surface area contributed by atoms with Crippen LogP contribution >= 0.6 is 27.7 Å². The molecule has 1 heterocycles. The molecule has 7 heteroatoms. The lowest BCUT2D eigenvalue weighted by atomic mass is 10.3. The number of hydrogen-bond donors (Lipinski definition) is 2. The Bertz CT molecular complexity index is 833. The number of thioether (sulfide) groups is 1. The lowest BCUT2D eigenvalue weighted by Gasteiger charge is -2.04. The van der Waals surface area contributed by atoms with Crippen LogP contribution in [-0.2, 0) is 4.79 Å². The van der Waals surface area contributed by atoms with E-state index in [2.05, 4.69) is 31.2 Å². The molecule has 118 valence electrons. The number of nitrogens with zero attached hydrogens (tertiary/aromatic N) is 1. The number of aromatic nitrogens is 2. The molecule has 1 amide bonds. The Morgan fingerprint density at radius 2 is 2.09 bits per heavy atom. The molecule has 0 saturated carbocycles. The summed E-state index contributed by atoms with van der Waals surface area (Å²) in [6.07, 6.45) is 0. The fraction of sp³-hybridized carbons (Fsp3) is 0.125. The maximum atomic E-state index is 12.0. The maximum Gasteiger partial charge on any atom is 0.234 e. The van der Waals surface area contributed by atoms with Crippen LogP contribution in [0.3, 0.4) is 0 Å². The third kappa shape index (κ3) is 4.05. The van der Waals surface area contributed by atoms with Crippen LogP contribution < -0.4 is 10.1 Å². The van der Waals surface area contributed by atoms with Gasteiger partial charge in [-0.3, -0.25) is 4.79 Å². The number of aromatic amines is 1. The predicted octanol–water partition coefficient (Wildman–Crippen LogP) is 4.06. The Hall–Kier alpha value is -1.99. The first-order chi connectivity index (χ1) is 11.1. The summed E-state index contributed by atoms with van der Waals surface area (Å²) in [6.45, 7) is 0. The second kappa shape index (κ2) is 7.06. The quantitative estimate of drug-likeness (QED) is 0.643. The first kappa shape index (κ1) is 15.9. The summed E-state index contributed by atoms with van der Waals surface area (Å²) in [4.78, 5) is 19.6. The van der Waals surface area contributed by atoms with Gasteiger partial charge < -0.3 is 15.0 Å². The molecule has 5 nitrogen and oxygen atoms in total. The van der Waals surface area contributed by atoms with Gasteiger partial charge in [0.2, 0.25) is 5.91 Å². The Kier molecular flexibility index (Phi) is 4.88. The molecule has 0 fully saturated rings. The van der Waals surface area contributed by atoms with Gasteiger partial charge in [-0.05, 0) is 36.4 Å². The molecule has 0 aliphatic heterocycles. The number of halogens is 1. The van der Waals surface area contributed by atoms with Gasteiger partial charge in [0, 0.05) is 16.2 Å². The van der Waals surface area contributed by atoms with E-state index in [1.165, 1.54) is 11.8 Å². The standard InChI is InChI=1S/C16H14BrN3O2S/c1-22-12-6-7-13-14(8-12)20-16(19-13)23-9-15(21)18-11-4-2-10(17)3-5-11/h2-8H,9H2,1H3,(H,18,21)(H,19,20). The van der Waals surface area contributed by atoms with Crippen LogP contribution in [0.15, 0.2) is 52.1 Å². The van der Waals surface area contributed by atoms with Crippen LogP contribution in [-0.4, -0.2) is 28.7 Å². The van der Waals surface area contributed by atoms with Crippen LogP contribution in [0.1, 0.15) is 0 Å². The molecule has 0 spiro atoms. The summed E-state index contributed by atoms with van der Waals surface area (Å²) in [5.74, 6) is 0.980. The molecule has 23 heavy (non-hydrogen) atoms. The van der Waals surface area contributed by atoms with Crippen molar-refractivity contribution in [3.63, 3.8) is 0 Å². The van der Waals surface area contributed by atoms with Crippen molar-refractivity contribution >= 4 is 50.3 Å². The molecule has 0 aliphatic carbocycles. The minimum absolute atomic E-state index is 0.0737. The average molecular weight is 392 g/mol. The number of nitrogens with one attached hydrogen (secondary N) is 2. The number of methoxy groups -OCH3 is 1. The third-order valence-electron chi connectivity index (χ3n) is 3.14. The normalized spacial score (nSPS) is 10.7. The molecule has 2 aromatic carbocycles. The molecule has 2 N–H and O–H groups in total. The van der Waals surface area contributed by atoms with Crippen LogP contribution in [0.2, 0.25) is 0 Å². The van der Waals surface area contributed by atoms with E-state index in [9.17, 15) is 4.79 Å². The van der Waals surface area contributed by atoms with E-state index in [0.717, 1.165) is 26.9 Å². The van der Waals surface area contributed by atoms with Crippen molar-refractivity contribution < 1.29 is 9.53 Å². The highest BCUT2D eigenvalue weighted by Crippen LogP contribution is 2.23. The summed E-state index contributed by atoms with van der Waals surface area (Å²) in [5.41, 5.74) is 2.51. The van der Waals surface area contributed by atoms with Crippen LogP contribution in [0.25, 0.3) is 11.0 Å². The number of imidazole rings is 1. The summed E-state index contributed by atoms with van der Waals surface area (Å²) in [6, 6.07) is 13.1. The van der Waals surface area contributed by atoms with E-state index in [1.54, 1.807) is 7.11 Å². The maximum absolute atomic E-state index is 12.0. The predicted molar refractivity (Wildman–Crippen MR) is 96.1 cm³/mol. The third-order valence-corrected chi connectivity index (χ3v) is 4.54. The van der Waals surface area contributed by atoms with Crippen molar-refractivity contribution in [2.24, 2.45) is 0 Å². The molecular weight excluding hydrogens is 378 g/mol. The molecule has 3 rings (SSSR count). The molecule has 0 unspecified atom stereocenters. The number of carbonyl (C=O) groups is 1. The number of carbonyl (C=O) groups excluding carboxylic acids is 1. The lowest BCUT2D eigenvalue weighted by Crippen LogP contribution is -2.13. The monoisotopic (exact) mass is 391 g/mol. The summed E-state index contributed by atoms with van der Waals surface area (Å²) in [5, 5.41) is 3.56. The number of hydrogen-bond acceptors (Lipinski definition) is 4. The van der Waals surface area contributed by atoms with E-state index in [4.69, 9.17) is 4.74 Å². The number of amides is 1. The van der Waals surface area contributed by atoms with E-state index in [1.807, 2.05) is 42.5 Å². The number of H-pyrrole nitrogens is 1. The van der Waals surface area contributed by atoms with Gasteiger partial charge in [0.1, 0.15) is 5.75 Å². The first-order valence-corrected chi connectivity index (χ1v) is 8.64. The first-order valence-electron chi connectivity index (χ1n) is 6.86. The Morgan fingerprint density at radius 1 is 1.30 bits per heavy atom. The second-order valence-corrected chi connectivity index (χ2v) is 6.65. The fourth-order valence-corrected chi connectivity index (χ4v) is 2.97. The van der Waals surface area contributed by atoms with Crippen molar-refractivity contribution in [1.29, 1.82) is 0 Å². The van der Waals surface area contributed by atoms with E-state index < -0.39 is 0 Å². The Morgan fingerprint density at radius 3 is 2.83 bits per heavy atom. The summed E-state index contributed by atoms with van der Waals surface area (Å²) < 4.78 is 6.16. The molecule has 0 atom stereocenters. The van der Waals surface area contributed by atoms with Gasteiger partial charge in [-0.15, -0.1) is 0 Å². The number of ether oxygens (including phenoxy) is 1. The van der Waals surface area contributed by atoms with Gasteiger partial charge in [-0.2, -0.15) is 0 Å². The van der Waals surface area contributed by atoms with E-state index >= 15 is 0 Å². The second-order valence-electron chi connectivity index (χ2n) is 4.77. The highest BCUT2D eigenvalue weighted by Gasteiger charge is 2.08. The van der Waals surface area contributed by atoms with Crippen molar-refractivity contribution in [2.45, 2.75) is 5.16 Å². The van der Waals surface area contributed by atoms with Gasteiger partial charge in [0.05, 0.1) is 23.9 Å². The van der Waals surface area contributed by atoms with Gasteiger partial charge in [0.15, 0.2) is 5.16 Å². The number of benzene rings is 2. The highest BCUT2D eigenvalue weighted by molar-refractivity contribution is 9.10. The molecule has 0 bridgehead atoms. The molecule has 0 aliphatic rings. The van der Waals surface area contributed by atoms with Crippen LogP contribution in [0, 0.1) is 0 Å². The topological polar surface area (TPSA) is 67.0 Å². The highest BCUT2D eigenvalue weighted by atomic mass is 79.9. The van der Waals surface area contributed by atoms with Crippen LogP contribution in [0.5, 0.6) is 5.75 Å². The van der Waals surface area contributed by atoms with Gasteiger partial charge in [0.25, 0.3) is 0 Å². The zero-order chi connectivity index (χ0) is 16.2. The molecular formula is C16H14BrN3O2S. The Labute approximate surface area is 146 Å². The summed E-state index contributed by atoms with van der Waals surface area (Å²) >= 11 is 4.72.